The highest BCUT2D eigenvalue weighted by molar-refractivity contribution is 5.74. The summed E-state index contributed by atoms with van der Waals surface area (Å²) in [7, 11) is 1.50. The Morgan fingerprint density at radius 1 is 1.18 bits per heavy atom. The molecule has 1 aromatic carbocycles. The van der Waals surface area contributed by atoms with Gasteiger partial charge < -0.3 is 14.5 Å². The molecule has 1 N–H and O–H groups in total. The normalized spacial score (nSPS) is 10.5. The molecule has 0 amide bonds. The molecule has 0 saturated heterocycles. The number of pyridine rings is 1. The number of para-hydroxylation sites is 1. The van der Waals surface area contributed by atoms with E-state index in [1.165, 1.54) is 13.2 Å². The number of methoxy groups -OCH3 is 1. The van der Waals surface area contributed by atoms with Crippen LogP contribution in [-0.2, 0) is 6.61 Å². The van der Waals surface area contributed by atoms with Crippen molar-refractivity contribution in [3.63, 3.8) is 0 Å². The minimum Gasteiger partial charge on any atom is -0.487 e. The van der Waals surface area contributed by atoms with Crippen LogP contribution in [0.3, 0.4) is 0 Å². The average Bonchev–Trinajstić information content (AvgIpc) is 3.06. The van der Waals surface area contributed by atoms with Crippen molar-refractivity contribution >= 4 is 0 Å². The van der Waals surface area contributed by atoms with Crippen LogP contribution in [0, 0.1) is 5.82 Å². The molecule has 2 heterocycles. The van der Waals surface area contributed by atoms with Crippen LogP contribution in [0.1, 0.15) is 5.69 Å². The molecule has 0 aliphatic rings. The molecule has 0 aliphatic heterocycles. The van der Waals surface area contributed by atoms with Crippen LogP contribution in [0.15, 0.2) is 49.1 Å². The molecule has 0 fully saturated rings. The molecule has 22 heavy (non-hydrogen) atoms. The smallest absolute Gasteiger partial charge is 0.221 e. The number of nitrogens with one attached hydrogen (secondary N) is 1. The van der Waals surface area contributed by atoms with E-state index in [2.05, 4.69) is 15.0 Å². The van der Waals surface area contributed by atoms with Crippen molar-refractivity contribution in [3.8, 4) is 22.8 Å². The lowest BCUT2D eigenvalue weighted by Gasteiger charge is -2.13. The fourth-order valence-electron chi connectivity index (χ4n) is 2.12. The molecular formula is C16H14FN3O2. The van der Waals surface area contributed by atoms with Gasteiger partial charge in [-0.15, -0.1) is 0 Å². The van der Waals surface area contributed by atoms with Crippen molar-refractivity contribution in [3.05, 3.63) is 60.6 Å². The monoisotopic (exact) mass is 299 g/mol. The number of imidazole rings is 1. The summed E-state index contributed by atoms with van der Waals surface area (Å²) in [5.41, 5.74) is 2.10. The van der Waals surface area contributed by atoms with Gasteiger partial charge in [-0.3, -0.25) is 0 Å². The third-order valence-electron chi connectivity index (χ3n) is 3.13. The lowest BCUT2D eigenvalue weighted by Crippen LogP contribution is -1.99. The van der Waals surface area contributed by atoms with Crippen molar-refractivity contribution in [2.24, 2.45) is 0 Å². The number of halogens is 1. The Morgan fingerprint density at radius 2 is 2.05 bits per heavy atom. The van der Waals surface area contributed by atoms with Crippen LogP contribution in [0.25, 0.3) is 11.1 Å². The van der Waals surface area contributed by atoms with E-state index in [1.54, 1.807) is 12.5 Å². The Bertz CT molecular complexity index is 760. The summed E-state index contributed by atoms with van der Waals surface area (Å²) in [5, 5.41) is 0. The summed E-state index contributed by atoms with van der Waals surface area (Å²) in [6, 6.07) is 8.73. The Morgan fingerprint density at radius 3 is 2.82 bits per heavy atom. The highest BCUT2D eigenvalue weighted by Crippen LogP contribution is 2.35. The molecule has 5 nitrogen and oxygen atoms in total. The van der Waals surface area contributed by atoms with Crippen LogP contribution < -0.4 is 9.47 Å². The molecule has 0 atom stereocenters. The molecule has 0 saturated carbocycles. The molecule has 2 aromatic heterocycles. The highest BCUT2D eigenvalue weighted by atomic mass is 19.1. The molecule has 0 aliphatic carbocycles. The number of hydrogen-bond acceptors (Lipinski definition) is 4. The molecule has 0 unspecified atom stereocenters. The maximum Gasteiger partial charge on any atom is 0.221 e. The molecule has 0 radical (unpaired) electrons. The molecular weight excluding hydrogens is 285 g/mol. The van der Waals surface area contributed by atoms with E-state index in [0.717, 1.165) is 11.9 Å². The van der Waals surface area contributed by atoms with E-state index in [1.807, 2.05) is 24.3 Å². The summed E-state index contributed by atoms with van der Waals surface area (Å²) in [6.45, 7) is 0.335. The van der Waals surface area contributed by atoms with Crippen LogP contribution in [0.5, 0.6) is 11.6 Å². The number of ether oxygens (including phenoxy) is 2. The first kappa shape index (κ1) is 14.1. The van der Waals surface area contributed by atoms with Gasteiger partial charge in [0.2, 0.25) is 5.88 Å². The van der Waals surface area contributed by atoms with Gasteiger partial charge in [0.25, 0.3) is 0 Å². The molecule has 112 valence electrons. The Kier molecular flexibility index (Phi) is 4.00. The van der Waals surface area contributed by atoms with Gasteiger partial charge in [-0.1, -0.05) is 18.2 Å². The first-order valence-electron chi connectivity index (χ1n) is 6.67. The zero-order valence-corrected chi connectivity index (χ0v) is 11.9. The molecule has 3 rings (SSSR count). The van der Waals surface area contributed by atoms with E-state index in [9.17, 15) is 4.39 Å². The minimum absolute atomic E-state index is 0.335. The maximum absolute atomic E-state index is 13.5. The van der Waals surface area contributed by atoms with Crippen LogP contribution in [0.2, 0.25) is 0 Å². The second-order valence-electron chi connectivity index (χ2n) is 4.57. The highest BCUT2D eigenvalue weighted by Gasteiger charge is 2.13. The third kappa shape index (κ3) is 2.90. The number of nitrogens with zero attached hydrogens (tertiary/aromatic N) is 2. The fraction of sp³-hybridized carbons (Fsp3) is 0.125. The maximum atomic E-state index is 13.5. The van der Waals surface area contributed by atoms with Crippen molar-refractivity contribution < 1.29 is 13.9 Å². The average molecular weight is 299 g/mol. The van der Waals surface area contributed by atoms with E-state index >= 15 is 0 Å². The standard InChI is InChI=1S/C16H14FN3O2/c1-21-16-14(6-11(17)7-19-16)13-4-2-3-5-15(13)22-9-12-8-18-10-20-12/h2-8,10H,9H2,1H3,(H,18,20). The van der Waals surface area contributed by atoms with Crippen LogP contribution >= 0.6 is 0 Å². The van der Waals surface area contributed by atoms with E-state index in [4.69, 9.17) is 9.47 Å². The lowest BCUT2D eigenvalue weighted by atomic mass is 10.1. The van der Waals surface area contributed by atoms with Gasteiger partial charge in [0.15, 0.2) is 0 Å². The Labute approximate surface area is 126 Å². The number of H-pyrrole nitrogens is 1. The zero-order valence-electron chi connectivity index (χ0n) is 11.9. The van der Waals surface area contributed by atoms with Crippen LogP contribution in [0.4, 0.5) is 4.39 Å². The van der Waals surface area contributed by atoms with Gasteiger partial charge in [0.05, 0.1) is 37.1 Å². The zero-order chi connectivity index (χ0) is 15.4. The van der Waals surface area contributed by atoms with Gasteiger partial charge in [-0.25, -0.2) is 14.4 Å². The van der Waals surface area contributed by atoms with Crippen LogP contribution in [-0.4, -0.2) is 22.1 Å². The van der Waals surface area contributed by atoms with Gasteiger partial charge in [0, 0.05) is 5.56 Å². The summed E-state index contributed by atoms with van der Waals surface area (Å²) in [6.07, 6.45) is 4.40. The predicted octanol–water partition coefficient (Wildman–Crippen LogP) is 3.20. The SMILES string of the molecule is COc1ncc(F)cc1-c1ccccc1OCc1cnc[nH]1. The first-order chi connectivity index (χ1) is 10.8. The summed E-state index contributed by atoms with van der Waals surface area (Å²) >= 11 is 0. The Hall–Kier alpha value is -2.89. The van der Waals surface area contributed by atoms with Crippen molar-refractivity contribution in [2.75, 3.05) is 7.11 Å². The van der Waals surface area contributed by atoms with Crippen molar-refractivity contribution in [1.82, 2.24) is 15.0 Å². The number of rotatable bonds is 5. The quantitative estimate of drug-likeness (QED) is 0.786. The van der Waals surface area contributed by atoms with Gasteiger partial charge in [0.1, 0.15) is 18.2 Å². The fourth-order valence-corrected chi connectivity index (χ4v) is 2.12. The topological polar surface area (TPSA) is 60.0 Å². The van der Waals surface area contributed by atoms with Gasteiger partial charge in [-0.2, -0.15) is 0 Å². The van der Waals surface area contributed by atoms with E-state index < -0.39 is 5.82 Å². The summed E-state index contributed by atoms with van der Waals surface area (Å²) < 4.78 is 24.5. The van der Waals surface area contributed by atoms with E-state index in [0.29, 0.717) is 29.4 Å². The van der Waals surface area contributed by atoms with Crippen molar-refractivity contribution in [2.45, 2.75) is 6.61 Å². The minimum atomic E-state index is -0.431. The van der Waals surface area contributed by atoms with Gasteiger partial charge in [-0.05, 0) is 12.1 Å². The largest absolute Gasteiger partial charge is 0.487 e. The summed E-state index contributed by atoms with van der Waals surface area (Å²) in [5.74, 6) is 0.529. The predicted molar refractivity (Wildman–Crippen MR) is 79.1 cm³/mol. The van der Waals surface area contributed by atoms with Gasteiger partial charge >= 0.3 is 0 Å². The van der Waals surface area contributed by atoms with E-state index in [-0.39, 0.29) is 0 Å². The lowest BCUT2D eigenvalue weighted by molar-refractivity contribution is 0.303. The second-order valence-corrected chi connectivity index (χ2v) is 4.57. The number of benzene rings is 1. The number of aromatic nitrogens is 3. The third-order valence-corrected chi connectivity index (χ3v) is 3.13. The molecule has 0 spiro atoms. The van der Waals surface area contributed by atoms with Crippen molar-refractivity contribution in [1.29, 1.82) is 0 Å². The molecule has 6 heteroatoms. The second kappa shape index (κ2) is 6.26. The molecule has 0 bridgehead atoms. The molecule has 3 aromatic rings. The summed E-state index contributed by atoms with van der Waals surface area (Å²) in [4.78, 5) is 10.9. The Balaban J connectivity index is 1.95. The number of hydrogen-bond donors (Lipinski definition) is 1. The first-order valence-corrected chi connectivity index (χ1v) is 6.67. The number of aromatic amines is 1.